The van der Waals surface area contributed by atoms with Crippen molar-refractivity contribution in [3.05, 3.63) is 45.2 Å². The van der Waals surface area contributed by atoms with Gasteiger partial charge in [-0.05, 0) is 53.9 Å². The van der Waals surface area contributed by atoms with Crippen molar-refractivity contribution in [2.24, 2.45) is 7.05 Å². The van der Waals surface area contributed by atoms with Gasteiger partial charge in [0.2, 0.25) is 0 Å². The maximum absolute atomic E-state index is 5.89. The van der Waals surface area contributed by atoms with E-state index in [0.29, 0.717) is 6.61 Å². The molecule has 0 radical (unpaired) electrons. The lowest BCUT2D eigenvalue weighted by Gasteiger charge is -2.10. The predicted molar refractivity (Wildman–Crippen MR) is 75.9 cm³/mol. The molecule has 0 amide bonds. The van der Waals surface area contributed by atoms with E-state index in [9.17, 15) is 0 Å². The zero-order valence-electron chi connectivity index (χ0n) is 11.1. The first-order valence-corrected chi connectivity index (χ1v) is 6.66. The van der Waals surface area contributed by atoms with Gasteiger partial charge in [0.05, 0.1) is 15.9 Å². The molecule has 0 unspecified atom stereocenters. The highest BCUT2D eigenvalue weighted by atomic mass is 79.9. The second-order valence-electron chi connectivity index (χ2n) is 4.53. The van der Waals surface area contributed by atoms with Crippen LogP contribution < -0.4 is 4.74 Å². The van der Waals surface area contributed by atoms with Crippen molar-refractivity contribution in [3.8, 4) is 5.75 Å². The van der Waals surface area contributed by atoms with Gasteiger partial charge >= 0.3 is 0 Å². The standard InChI is InChI=1S/C14H17BrN2O/c1-9-5-6-10(2)13(7-9)18-8-12-14(15)11(3)16-17(12)4/h5-7H,8H2,1-4H3. The Morgan fingerprint density at radius 2 is 2.00 bits per heavy atom. The Morgan fingerprint density at radius 3 is 2.61 bits per heavy atom. The molecule has 2 aromatic rings. The van der Waals surface area contributed by atoms with Crippen LogP contribution in [0.4, 0.5) is 0 Å². The highest BCUT2D eigenvalue weighted by Crippen LogP contribution is 2.24. The van der Waals surface area contributed by atoms with Gasteiger partial charge < -0.3 is 4.74 Å². The van der Waals surface area contributed by atoms with E-state index in [1.54, 1.807) is 0 Å². The smallest absolute Gasteiger partial charge is 0.131 e. The second-order valence-corrected chi connectivity index (χ2v) is 5.32. The first-order chi connectivity index (χ1) is 8.49. The predicted octanol–water partition coefficient (Wildman–Crippen LogP) is 3.69. The van der Waals surface area contributed by atoms with Crippen LogP contribution >= 0.6 is 15.9 Å². The molecule has 1 aromatic carbocycles. The van der Waals surface area contributed by atoms with Crippen LogP contribution in [0.25, 0.3) is 0 Å². The highest BCUT2D eigenvalue weighted by Gasteiger charge is 2.11. The van der Waals surface area contributed by atoms with E-state index in [-0.39, 0.29) is 0 Å². The lowest BCUT2D eigenvalue weighted by molar-refractivity contribution is 0.292. The normalized spacial score (nSPS) is 10.7. The Balaban J connectivity index is 2.19. The van der Waals surface area contributed by atoms with Crippen LogP contribution in [0, 0.1) is 20.8 Å². The number of hydrogen-bond donors (Lipinski definition) is 0. The summed E-state index contributed by atoms with van der Waals surface area (Å²) in [7, 11) is 1.93. The van der Waals surface area contributed by atoms with Gasteiger partial charge in [-0.3, -0.25) is 4.68 Å². The molecule has 1 heterocycles. The quantitative estimate of drug-likeness (QED) is 0.864. The zero-order chi connectivity index (χ0) is 13.3. The number of aryl methyl sites for hydroxylation is 4. The second kappa shape index (κ2) is 5.14. The van der Waals surface area contributed by atoms with E-state index in [4.69, 9.17) is 4.74 Å². The summed E-state index contributed by atoms with van der Waals surface area (Å²) in [5.41, 5.74) is 4.39. The van der Waals surface area contributed by atoms with Crippen molar-refractivity contribution in [2.45, 2.75) is 27.4 Å². The molecular formula is C14H17BrN2O. The van der Waals surface area contributed by atoms with Crippen molar-refractivity contribution in [2.75, 3.05) is 0 Å². The summed E-state index contributed by atoms with van der Waals surface area (Å²) in [5.74, 6) is 0.931. The number of ether oxygens (including phenoxy) is 1. The van der Waals surface area contributed by atoms with Gasteiger partial charge in [0.25, 0.3) is 0 Å². The van der Waals surface area contributed by atoms with Gasteiger partial charge in [-0.2, -0.15) is 5.10 Å². The minimum atomic E-state index is 0.516. The van der Waals surface area contributed by atoms with Crippen LogP contribution in [-0.2, 0) is 13.7 Å². The summed E-state index contributed by atoms with van der Waals surface area (Å²) in [6, 6.07) is 6.23. The van der Waals surface area contributed by atoms with Gasteiger partial charge in [0.15, 0.2) is 0 Å². The third kappa shape index (κ3) is 2.58. The summed E-state index contributed by atoms with van der Waals surface area (Å²) in [6.07, 6.45) is 0. The number of rotatable bonds is 3. The minimum absolute atomic E-state index is 0.516. The topological polar surface area (TPSA) is 27.1 Å². The maximum atomic E-state index is 5.89. The molecule has 0 fully saturated rings. The molecule has 0 aliphatic carbocycles. The molecule has 0 saturated carbocycles. The van der Waals surface area contributed by atoms with E-state index in [1.807, 2.05) is 18.7 Å². The average molecular weight is 309 g/mol. The van der Waals surface area contributed by atoms with Gasteiger partial charge in [-0.15, -0.1) is 0 Å². The molecule has 4 heteroatoms. The number of hydrogen-bond acceptors (Lipinski definition) is 2. The first-order valence-electron chi connectivity index (χ1n) is 5.87. The Kier molecular flexibility index (Phi) is 3.76. The molecule has 0 atom stereocenters. The van der Waals surface area contributed by atoms with Gasteiger partial charge in [-0.25, -0.2) is 0 Å². The van der Waals surface area contributed by atoms with Crippen molar-refractivity contribution in [1.82, 2.24) is 9.78 Å². The molecule has 0 aliphatic heterocycles. The Morgan fingerprint density at radius 1 is 1.28 bits per heavy atom. The highest BCUT2D eigenvalue weighted by molar-refractivity contribution is 9.10. The fourth-order valence-corrected chi connectivity index (χ4v) is 2.30. The molecular weight excluding hydrogens is 292 g/mol. The van der Waals surface area contributed by atoms with E-state index < -0.39 is 0 Å². The van der Waals surface area contributed by atoms with Crippen molar-refractivity contribution >= 4 is 15.9 Å². The lowest BCUT2D eigenvalue weighted by atomic mass is 10.1. The summed E-state index contributed by atoms with van der Waals surface area (Å²) in [5, 5.41) is 4.35. The van der Waals surface area contributed by atoms with E-state index >= 15 is 0 Å². The van der Waals surface area contributed by atoms with Crippen LogP contribution in [-0.4, -0.2) is 9.78 Å². The minimum Gasteiger partial charge on any atom is -0.487 e. The first kappa shape index (κ1) is 13.1. The lowest BCUT2D eigenvalue weighted by Crippen LogP contribution is -2.04. The number of halogens is 1. The van der Waals surface area contributed by atoms with E-state index in [1.165, 1.54) is 5.56 Å². The van der Waals surface area contributed by atoms with E-state index in [2.05, 4.69) is 53.1 Å². The summed E-state index contributed by atoms with van der Waals surface area (Å²) < 4.78 is 8.76. The van der Waals surface area contributed by atoms with Crippen LogP contribution in [0.3, 0.4) is 0 Å². The molecule has 1 aromatic heterocycles. The van der Waals surface area contributed by atoms with Gasteiger partial charge in [0.1, 0.15) is 12.4 Å². The third-order valence-electron chi connectivity index (χ3n) is 2.97. The molecule has 0 bridgehead atoms. The largest absolute Gasteiger partial charge is 0.487 e. The number of aromatic nitrogens is 2. The fourth-order valence-electron chi connectivity index (χ4n) is 1.85. The average Bonchev–Trinajstić information content (AvgIpc) is 2.55. The summed E-state index contributed by atoms with van der Waals surface area (Å²) in [6.45, 7) is 6.61. The molecule has 0 N–H and O–H groups in total. The van der Waals surface area contributed by atoms with Crippen molar-refractivity contribution in [3.63, 3.8) is 0 Å². The SMILES string of the molecule is Cc1ccc(C)c(OCc2c(Br)c(C)nn2C)c1. The molecule has 0 aliphatic rings. The Labute approximate surface area is 116 Å². The van der Waals surface area contributed by atoms with Crippen LogP contribution in [0.1, 0.15) is 22.5 Å². The number of benzene rings is 1. The molecule has 0 saturated heterocycles. The maximum Gasteiger partial charge on any atom is 0.131 e. The fraction of sp³-hybridized carbons (Fsp3) is 0.357. The molecule has 2 rings (SSSR count). The van der Waals surface area contributed by atoms with Gasteiger partial charge in [-0.1, -0.05) is 12.1 Å². The third-order valence-corrected chi connectivity index (χ3v) is 4.00. The van der Waals surface area contributed by atoms with Crippen LogP contribution in [0.5, 0.6) is 5.75 Å². The Bertz CT molecular complexity index is 575. The van der Waals surface area contributed by atoms with Crippen LogP contribution in [0.15, 0.2) is 22.7 Å². The molecule has 96 valence electrons. The monoisotopic (exact) mass is 308 g/mol. The Hall–Kier alpha value is -1.29. The summed E-state index contributed by atoms with van der Waals surface area (Å²) >= 11 is 3.54. The summed E-state index contributed by atoms with van der Waals surface area (Å²) in [4.78, 5) is 0. The molecule has 3 nitrogen and oxygen atoms in total. The zero-order valence-corrected chi connectivity index (χ0v) is 12.7. The number of nitrogens with zero attached hydrogens (tertiary/aromatic N) is 2. The van der Waals surface area contributed by atoms with E-state index in [0.717, 1.165) is 27.2 Å². The molecule has 0 spiro atoms. The molecule has 18 heavy (non-hydrogen) atoms. The van der Waals surface area contributed by atoms with Crippen molar-refractivity contribution in [1.29, 1.82) is 0 Å². The van der Waals surface area contributed by atoms with Crippen LogP contribution in [0.2, 0.25) is 0 Å². The van der Waals surface area contributed by atoms with Crippen molar-refractivity contribution < 1.29 is 4.74 Å². The van der Waals surface area contributed by atoms with Gasteiger partial charge in [0, 0.05) is 7.05 Å².